The first-order chi connectivity index (χ1) is 8.56. The monoisotopic (exact) mass is 287 g/mol. The SMILES string of the molecule is CCCN([Si](CC)(CC)CC)[Si](CC)(CC)CC. The zero-order valence-corrected chi connectivity index (χ0v) is 16.1. The third kappa shape index (κ3) is 3.48. The Hall–Kier alpha value is 0.394. The van der Waals surface area contributed by atoms with Crippen LogP contribution in [0.15, 0.2) is 0 Å². The highest BCUT2D eigenvalue weighted by Gasteiger charge is 2.45. The van der Waals surface area contributed by atoms with Crippen LogP contribution in [0, 0.1) is 0 Å². The lowest BCUT2D eigenvalue weighted by molar-refractivity contribution is 0.566. The molecule has 0 bridgehead atoms. The van der Waals surface area contributed by atoms with Crippen molar-refractivity contribution >= 4 is 16.5 Å². The Bertz CT molecular complexity index is 174. The highest BCUT2D eigenvalue weighted by Crippen LogP contribution is 2.35. The summed E-state index contributed by atoms with van der Waals surface area (Å²) in [6, 6.07) is 8.72. The van der Waals surface area contributed by atoms with E-state index in [1.807, 2.05) is 0 Å². The summed E-state index contributed by atoms with van der Waals surface area (Å²) in [5, 5.41) is 0. The second-order valence-corrected chi connectivity index (χ2v) is 16.4. The Balaban J connectivity index is 5.49. The number of hydrogen-bond acceptors (Lipinski definition) is 1. The third-order valence-corrected chi connectivity index (χ3v) is 19.0. The normalized spacial score (nSPS) is 13.3. The quantitative estimate of drug-likeness (QED) is 0.465. The van der Waals surface area contributed by atoms with Crippen LogP contribution in [0.2, 0.25) is 36.3 Å². The van der Waals surface area contributed by atoms with Gasteiger partial charge in [-0.15, -0.1) is 0 Å². The standard InChI is InChI=1S/C15H37NSi2/c1-8-15-16(17(9-2,10-3)11-4)18(12-5,13-6)14-7/h8-15H2,1-7H3. The van der Waals surface area contributed by atoms with E-state index in [4.69, 9.17) is 0 Å². The molecule has 0 aliphatic heterocycles. The van der Waals surface area contributed by atoms with Crippen LogP contribution < -0.4 is 0 Å². The summed E-state index contributed by atoms with van der Waals surface area (Å²) in [6.45, 7) is 18.5. The maximum Gasteiger partial charge on any atom is 0.120 e. The van der Waals surface area contributed by atoms with E-state index in [2.05, 4.69) is 52.7 Å². The molecule has 0 N–H and O–H groups in total. The molecule has 0 aliphatic rings. The predicted octanol–water partition coefficient (Wildman–Crippen LogP) is 5.71. The van der Waals surface area contributed by atoms with Crippen LogP contribution in [0.25, 0.3) is 0 Å². The minimum atomic E-state index is -1.17. The molecule has 0 saturated heterocycles. The second-order valence-electron chi connectivity index (χ2n) is 5.72. The fourth-order valence-corrected chi connectivity index (χ4v) is 17.4. The van der Waals surface area contributed by atoms with Crippen molar-refractivity contribution in [2.75, 3.05) is 6.54 Å². The maximum absolute atomic E-state index is 3.17. The van der Waals surface area contributed by atoms with Crippen LogP contribution in [0.3, 0.4) is 0 Å². The molecule has 0 aromatic rings. The number of rotatable bonds is 10. The van der Waals surface area contributed by atoms with Gasteiger partial charge in [-0.1, -0.05) is 48.5 Å². The molecule has 0 heterocycles. The van der Waals surface area contributed by atoms with Gasteiger partial charge < -0.3 is 4.23 Å². The van der Waals surface area contributed by atoms with Crippen molar-refractivity contribution in [2.24, 2.45) is 0 Å². The molecule has 0 aromatic heterocycles. The van der Waals surface area contributed by atoms with Gasteiger partial charge in [-0.3, -0.25) is 0 Å². The zero-order chi connectivity index (χ0) is 14.2. The fraction of sp³-hybridized carbons (Fsp3) is 1.00. The van der Waals surface area contributed by atoms with Gasteiger partial charge in [0.15, 0.2) is 0 Å². The van der Waals surface area contributed by atoms with Crippen molar-refractivity contribution in [1.82, 2.24) is 4.23 Å². The topological polar surface area (TPSA) is 3.24 Å². The molecular weight excluding hydrogens is 250 g/mol. The Morgan fingerprint density at radius 1 is 0.556 bits per heavy atom. The summed E-state index contributed by atoms with van der Waals surface area (Å²) in [6.07, 6.45) is 1.34. The molecule has 0 unspecified atom stereocenters. The smallest absolute Gasteiger partial charge is 0.120 e. The van der Waals surface area contributed by atoms with E-state index in [1.54, 1.807) is 0 Å². The van der Waals surface area contributed by atoms with Gasteiger partial charge in [-0.2, -0.15) is 0 Å². The van der Waals surface area contributed by atoms with Gasteiger partial charge in [0.1, 0.15) is 16.5 Å². The molecule has 1 nitrogen and oxygen atoms in total. The van der Waals surface area contributed by atoms with Crippen molar-refractivity contribution in [3.05, 3.63) is 0 Å². The van der Waals surface area contributed by atoms with E-state index in [0.717, 1.165) is 0 Å². The third-order valence-electron chi connectivity index (χ3n) is 5.54. The Kier molecular flexibility index (Phi) is 8.73. The molecule has 0 aromatic carbocycles. The van der Waals surface area contributed by atoms with Crippen molar-refractivity contribution in [2.45, 2.75) is 91.2 Å². The molecule has 0 aliphatic carbocycles. The zero-order valence-electron chi connectivity index (χ0n) is 14.1. The average molecular weight is 288 g/mol. The molecule has 0 radical (unpaired) electrons. The number of nitrogens with zero attached hydrogens (tertiary/aromatic N) is 1. The molecule has 18 heavy (non-hydrogen) atoms. The summed E-state index contributed by atoms with van der Waals surface area (Å²) in [5.74, 6) is 0. The summed E-state index contributed by atoms with van der Waals surface area (Å²) >= 11 is 0. The highest BCUT2D eigenvalue weighted by atomic mass is 28.4. The predicted molar refractivity (Wildman–Crippen MR) is 91.4 cm³/mol. The Morgan fingerprint density at radius 2 is 0.833 bits per heavy atom. The molecule has 0 atom stereocenters. The summed E-state index contributed by atoms with van der Waals surface area (Å²) in [4.78, 5) is 0. The second kappa shape index (κ2) is 8.54. The van der Waals surface area contributed by atoms with E-state index in [0.29, 0.717) is 0 Å². The molecular formula is C15H37NSi2. The van der Waals surface area contributed by atoms with E-state index < -0.39 is 16.5 Å². The first-order valence-corrected chi connectivity index (χ1v) is 13.5. The lowest BCUT2D eigenvalue weighted by atomic mass is 10.5. The Morgan fingerprint density at radius 3 is 1.00 bits per heavy atom. The van der Waals surface area contributed by atoms with Crippen LogP contribution in [0.4, 0.5) is 0 Å². The van der Waals surface area contributed by atoms with Gasteiger partial charge >= 0.3 is 0 Å². The van der Waals surface area contributed by atoms with Gasteiger partial charge in [0.2, 0.25) is 0 Å². The van der Waals surface area contributed by atoms with Crippen molar-refractivity contribution in [1.29, 1.82) is 0 Å². The lowest BCUT2D eigenvalue weighted by Crippen LogP contribution is -2.65. The van der Waals surface area contributed by atoms with E-state index >= 15 is 0 Å². The van der Waals surface area contributed by atoms with Crippen LogP contribution in [0.1, 0.15) is 54.9 Å². The largest absolute Gasteiger partial charge is 0.345 e. The van der Waals surface area contributed by atoms with Crippen LogP contribution in [-0.2, 0) is 0 Å². The molecule has 0 spiro atoms. The maximum atomic E-state index is 3.17. The van der Waals surface area contributed by atoms with Gasteiger partial charge in [0, 0.05) is 0 Å². The van der Waals surface area contributed by atoms with Crippen LogP contribution in [0.5, 0.6) is 0 Å². The molecule has 110 valence electrons. The summed E-state index contributed by atoms with van der Waals surface area (Å²) < 4.78 is 3.17. The van der Waals surface area contributed by atoms with E-state index in [9.17, 15) is 0 Å². The minimum absolute atomic E-state index is 1.17. The minimum Gasteiger partial charge on any atom is -0.345 e. The molecule has 3 heteroatoms. The summed E-state index contributed by atoms with van der Waals surface area (Å²) in [5.41, 5.74) is 0. The first kappa shape index (κ1) is 18.4. The molecule has 0 fully saturated rings. The van der Waals surface area contributed by atoms with Crippen LogP contribution >= 0.6 is 0 Å². The van der Waals surface area contributed by atoms with Crippen molar-refractivity contribution in [3.63, 3.8) is 0 Å². The fourth-order valence-electron chi connectivity index (χ4n) is 3.85. The van der Waals surface area contributed by atoms with Crippen LogP contribution in [-0.4, -0.2) is 27.2 Å². The average Bonchev–Trinajstić information content (AvgIpc) is 2.44. The first-order valence-electron chi connectivity index (χ1n) is 8.33. The molecule has 0 saturated carbocycles. The van der Waals surface area contributed by atoms with Gasteiger partial charge in [0.25, 0.3) is 0 Å². The highest BCUT2D eigenvalue weighted by molar-refractivity contribution is 6.92. The molecule has 0 rings (SSSR count). The van der Waals surface area contributed by atoms with Crippen molar-refractivity contribution in [3.8, 4) is 0 Å². The lowest BCUT2D eigenvalue weighted by Gasteiger charge is -2.52. The Labute approximate surface area is 119 Å². The van der Waals surface area contributed by atoms with Gasteiger partial charge in [-0.25, -0.2) is 0 Å². The van der Waals surface area contributed by atoms with Crippen molar-refractivity contribution < 1.29 is 0 Å². The molecule has 0 amide bonds. The summed E-state index contributed by atoms with van der Waals surface area (Å²) in [7, 11) is -2.34. The van der Waals surface area contributed by atoms with E-state index in [-0.39, 0.29) is 0 Å². The van der Waals surface area contributed by atoms with Gasteiger partial charge in [-0.05, 0) is 49.2 Å². The van der Waals surface area contributed by atoms with Gasteiger partial charge in [0.05, 0.1) is 0 Å². The number of hydrogen-bond donors (Lipinski definition) is 0. The van der Waals surface area contributed by atoms with E-state index in [1.165, 1.54) is 49.2 Å².